The van der Waals surface area contributed by atoms with E-state index < -0.39 is 17.0 Å². The van der Waals surface area contributed by atoms with Gasteiger partial charge in [-0.25, -0.2) is 4.39 Å². The van der Waals surface area contributed by atoms with E-state index in [1.807, 2.05) is 37.3 Å². The highest BCUT2D eigenvalue weighted by Crippen LogP contribution is 2.41. The van der Waals surface area contributed by atoms with Crippen LogP contribution in [-0.2, 0) is 16.0 Å². The van der Waals surface area contributed by atoms with E-state index in [1.54, 1.807) is 0 Å². The van der Waals surface area contributed by atoms with E-state index in [9.17, 15) is 19.2 Å². The van der Waals surface area contributed by atoms with Crippen LogP contribution in [0.5, 0.6) is 0 Å². The third-order valence-electron chi connectivity index (χ3n) is 4.32. The minimum Gasteiger partial charge on any atom is -0.354 e. The van der Waals surface area contributed by atoms with Gasteiger partial charge in [-0.1, -0.05) is 41.6 Å². The van der Waals surface area contributed by atoms with Gasteiger partial charge in [0.15, 0.2) is 0 Å². The number of aryl methyl sites for hydroxylation is 1. The largest absolute Gasteiger partial charge is 0.354 e. The van der Waals surface area contributed by atoms with Gasteiger partial charge in [-0.15, -0.1) is 0 Å². The lowest BCUT2D eigenvalue weighted by Gasteiger charge is -2.18. The Morgan fingerprint density at radius 2 is 2.00 bits per heavy atom. The molecule has 1 aliphatic rings. The van der Waals surface area contributed by atoms with Crippen molar-refractivity contribution < 1.29 is 14.0 Å². The Kier molecular flexibility index (Phi) is 5.81. The monoisotopic (exact) mass is 395 g/mol. The molecule has 7 heteroatoms. The highest BCUT2D eigenvalue weighted by atomic mass is 32.2. The van der Waals surface area contributed by atoms with Crippen LogP contribution in [0.3, 0.4) is 0 Å². The van der Waals surface area contributed by atoms with Crippen LogP contribution in [0, 0.1) is 24.1 Å². The molecule has 0 radical (unpaired) electrons. The van der Waals surface area contributed by atoms with Gasteiger partial charge < -0.3 is 5.32 Å². The Bertz CT molecular complexity index is 995. The number of nitrogens with one attached hydrogen (secondary N) is 1. The molecule has 1 heterocycles. The first-order valence-electron chi connectivity index (χ1n) is 8.62. The van der Waals surface area contributed by atoms with E-state index in [-0.39, 0.29) is 16.5 Å². The van der Waals surface area contributed by atoms with Gasteiger partial charge in [-0.05, 0) is 43.2 Å². The van der Waals surface area contributed by atoms with Gasteiger partial charge in [-0.2, -0.15) is 5.26 Å². The molecular weight excluding hydrogens is 377 g/mol. The van der Waals surface area contributed by atoms with E-state index in [0.29, 0.717) is 12.1 Å². The molecule has 1 aliphatic heterocycles. The second-order valence-corrected chi connectivity index (χ2v) is 7.51. The van der Waals surface area contributed by atoms with Crippen LogP contribution < -0.4 is 10.2 Å². The van der Waals surface area contributed by atoms with Crippen molar-refractivity contribution in [2.75, 3.05) is 11.9 Å². The van der Waals surface area contributed by atoms with Crippen LogP contribution >= 0.6 is 11.8 Å². The van der Waals surface area contributed by atoms with E-state index in [2.05, 4.69) is 5.32 Å². The molecule has 0 spiro atoms. The first kappa shape index (κ1) is 19.6. The summed E-state index contributed by atoms with van der Waals surface area (Å²) >= 11 is 1.18. The fraction of sp³-hybridized carbons (Fsp3) is 0.190. The van der Waals surface area contributed by atoms with Crippen LogP contribution in [0.4, 0.5) is 10.1 Å². The maximum absolute atomic E-state index is 13.3. The van der Waals surface area contributed by atoms with E-state index >= 15 is 0 Å². The van der Waals surface area contributed by atoms with Gasteiger partial charge in [0.2, 0.25) is 5.91 Å². The molecule has 0 bridgehead atoms. The number of amides is 2. The van der Waals surface area contributed by atoms with Gasteiger partial charge in [0.1, 0.15) is 22.5 Å². The maximum atomic E-state index is 13.3. The normalized spacial score (nSPS) is 18.0. The number of anilines is 1. The molecule has 1 atom stereocenters. The molecule has 1 fully saturated rings. The fourth-order valence-electron chi connectivity index (χ4n) is 2.99. The standard InChI is InChI=1S/C21H18FN3O2S/c1-13-4-3-5-14(10-13)11-18-20(27)25(16-8-6-15(22)7-9-16)21(28-18)17(12-23)19(26)24-2/h3-10,18H,11H2,1-2H3,(H,24,26)/b21-17-/t18-/m1/s1. The Labute approximate surface area is 166 Å². The fourth-order valence-corrected chi connectivity index (χ4v) is 4.30. The number of likely N-dealkylation sites (N-methyl/N-ethyl adjacent to an activating group) is 1. The Balaban J connectivity index is 2.04. The lowest BCUT2D eigenvalue weighted by atomic mass is 10.1. The number of nitrogens with zero attached hydrogens (tertiary/aromatic N) is 2. The zero-order valence-electron chi connectivity index (χ0n) is 15.4. The molecule has 1 saturated heterocycles. The summed E-state index contributed by atoms with van der Waals surface area (Å²) in [5.74, 6) is -1.25. The number of rotatable bonds is 4. The van der Waals surface area contributed by atoms with Crippen molar-refractivity contribution in [3.8, 4) is 6.07 Å². The molecule has 1 N–H and O–H groups in total. The predicted octanol–water partition coefficient (Wildman–Crippen LogP) is 3.31. The number of hydrogen-bond donors (Lipinski definition) is 1. The third kappa shape index (κ3) is 3.92. The van der Waals surface area contributed by atoms with Crippen LogP contribution in [0.25, 0.3) is 0 Å². The summed E-state index contributed by atoms with van der Waals surface area (Å²) in [5, 5.41) is 11.7. The summed E-state index contributed by atoms with van der Waals surface area (Å²) in [6.07, 6.45) is 0.457. The number of nitriles is 1. The Morgan fingerprint density at radius 3 is 2.61 bits per heavy atom. The van der Waals surface area contributed by atoms with Gasteiger partial charge in [0.25, 0.3) is 5.91 Å². The van der Waals surface area contributed by atoms with Crippen molar-refractivity contribution in [3.63, 3.8) is 0 Å². The summed E-state index contributed by atoms with van der Waals surface area (Å²) < 4.78 is 13.3. The number of halogens is 1. The molecule has 142 valence electrons. The van der Waals surface area contributed by atoms with E-state index in [1.165, 1.54) is 48.0 Å². The second-order valence-electron chi connectivity index (χ2n) is 6.32. The summed E-state index contributed by atoms with van der Waals surface area (Å²) in [6, 6.07) is 15.1. The zero-order valence-corrected chi connectivity index (χ0v) is 16.2. The SMILES string of the molecule is CNC(=O)/C(C#N)=C1\S[C@H](Cc2cccc(C)c2)C(=O)N1c1ccc(F)cc1. The van der Waals surface area contributed by atoms with Crippen LogP contribution in [-0.4, -0.2) is 24.1 Å². The Morgan fingerprint density at radius 1 is 1.29 bits per heavy atom. The summed E-state index contributed by atoms with van der Waals surface area (Å²) in [4.78, 5) is 26.7. The zero-order chi connectivity index (χ0) is 20.3. The van der Waals surface area contributed by atoms with Crippen molar-refractivity contribution in [2.45, 2.75) is 18.6 Å². The highest BCUT2D eigenvalue weighted by molar-refractivity contribution is 8.05. The smallest absolute Gasteiger partial charge is 0.264 e. The number of hydrogen-bond acceptors (Lipinski definition) is 4. The molecule has 28 heavy (non-hydrogen) atoms. The number of carbonyl (C=O) groups excluding carboxylic acids is 2. The molecule has 0 saturated carbocycles. The lowest BCUT2D eigenvalue weighted by Crippen LogP contribution is -2.31. The van der Waals surface area contributed by atoms with E-state index in [0.717, 1.165) is 11.1 Å². The molecule has 2 aromatic rings. The lowest BCUT2D eigenvalue weighted by molar-refractivity contribution is -0.117. The quantitative estimate of drug-likeness (QED) is 0.637. The first-order valence-corrected chi connectivity index (χ1v) is 9.50. The van der Waals surface area contributed by atoms with Crippen molar-refractivity contribution >= 4 is 29.3 Å². The molecule has 0 aromatic heterocycles. The highest BCUT2D eigenvalue weighted by Gasteiger charge is 2.40. The first-order chi connectivity index (χ1) is 13.4. The van der Waals surface area contributed by atoms with Crippen molar-refractivity contribution in [2.24, 2.45) is 0 Å². The number of carbonyl (C=O) groups is 2. The molecule has 5 nitrogen and oxygen atoms in total. The predicted molar refractivity (Wildman–Crippen MR) is 107 cm³/mol. The molecule has 2 aromatic carbocycles. The van der Waals surface area contributed by atoms with Crippen LogP contribution in [0.2, 0.25) is 0 Å². The number of thioether (sulfide) groups is 1. The van der Waals surface area contributed by atoms with Crippen molar-refractivity contribution in [3.05, 3.63) is 76.1 Å². The minimum absolute atomic E-state index is 0.142. The summed E-state index contributed by atoms with van der Waals surface area (Å²) in [7, 11) is 1.42. The second kappa shape index (κ2) is 8.28. The molecule has 2 amide bonds. The maximum Gasteiger partial charge on any atom is 0.264 e. The van der Waals surface area contributed by atoms with Crippen molar-refractivity contribution in [1.82, 2.24) is 5.32 Å². The average molecular weight is 395 g/mol. The number of benzene rings is 2. The van der Waals surface area contributed by atoms with Crippen molar-refractivity contribution in [1.29, 1.82) is 5.26 Å². The van der Waals surface area contributed by atoms with E-state index in [4.69, 9.17) is 0 Å². The van der Waals surface area contributed by atoms with Crippen LogP contribution in [0.1, 0.15) is 11.1 Å². The minimum atomic E-state index is -0.568. The molecule has 0 aliphatic carbocycles. The average Bonchev–Trinajstić information content (AvgIpc) is 2.99. The van der Waals surface area contributed by atoms with Gasteiger partial charge in [0.05, 0.1) is 5.25 Å². The third-order valence-corrected chi connectivity index (χ3v) is 5.58. The summed E-state index contributed by atoms with van der Waals surface area (Å²) in [5.41, 5.74) is 2.35. The molecular formula is C21H18FN3O2S. The Hall–Kier alpha value is -3.11. The van der Waals surface area contributed by atoms with Gasteiger partial charge in [0, 0.05) is 12.7 Å². The van der Waals surface area contributed by atoms with Gasteiger partial charge in [-0.3, -0.25) is 14.5 Å². The topological polar surface area (TPSA) is 73.2 Å². The molecule has 0 unspecified atom stereocenters. The van der Waals surface area contributed by atoms with Crippen LogP contribution in [0.15, 0.2) is 59.1 Å². The van der Waals surface area contributed by atoms with Gasteiger partial charge >= 0.3 is 0 Å². The molecule has 3 rings (SSSR count). The summed E-state index contributed by atoms with van der Waals surface area (Å²) in [6.45, 7) is 1.97.